The van der Waals surface area contributed by atoms with Crippen LogP contribution in [-0.2, 0) is 0 Å². The van der Waals surface area contributed by atoms with Gasteiger partial charge in [0.05, 0.1) is 0 Å². The van der Waals surface area contributed by atoms with Gasteiger partial charge in [0.2, 0.25) is 0 Å². The lowest BCUT2D eigenvalue weighted by molar-refractivity contribution is 0.178. The molecule has 0 heterocycles. The molecule has 0 saturated heterocycles. The fraction of sp³-hybridized carbons (Fsp3) is 1.00. The lowest BCUT2D eigenvalue weighted by atomic mass is 9.82. The Kier molecular flexibility index (Phi) is 5.73. The highest BCUT2D eigenvalue weighted by Crippen LogP contribution is 2.25. The molecular formula is C13H29N. The lowest BCUT2D eigenvalue weighted by Crippen LogP contribution is -2.32. The van der Waals surface area contributed by atoms with Crippen LogP contribution in [0.1, 0.15) is 48.0 Å². The van der Waals surface area contributed by atoms with E-state index in [0.717, 1.165) is 11.8 Å². The van der Waals surface area contributed by atoms with Crippen LogP contribution < -0.4 is 0 Å². The maximum atomic E-state index is 2.47. The zero-order valence-electron chi connectivity index (χ0n) is 11.2. The minimum Gasteiger partial charge on any atom is -0.306 e. The van der Waals surface area contributed by atoms with E-state index in [2.05, 4.69) is 53.5 Å². The Morgan fingerprint density at radius 1 is 1.07 bits per heavy atom. The van der Waals surface area contributed by atoms with Gasteiger partial charge in [-0.05, 0) is 37.3 Å². The van der Waals surface area contributed by atoms with E-state index < -0.39 is 0 Å². The number of hydrogen-bond donors (Lipinski definition) is 0. The summed E-state index contributed by atoms with van der Waals surface area (Å²) in [5.74, 6) is 1.59. The maximum Gasteiger partial charge on any atom is 0.000897 e. The van der Waals surface area contributed by atoms with Crippen molar-refractivity contribution < 1.29 is 0 Å². The second-order valence-corrected chi connectivity index (χ2v) is 6.21. The van der Waals surface area contributed by atoms with Gasteiger partial charge in [0, 0.05) is 6.54 Å². The largest absolute Gasteiger partial charge is 0.306 e. The van der Waals surface area contributed by atoms with Gasteiger partial charge in [-0.15, -0.1) is 0 Å². The molecule has 0 aliphatic rings. The number of rotatable bonds is 5. The smallest absolute Gasteiger partial charge is 0.000897 e. The van der Waals surface area contributed by atoms with Crippen LogP contribution in [0.15, 0.2) is 0 Å². The first-order chi connectivity index (χ1) is 6.23. The van der Waals surface area contributed by atoms with E-state index in [1.54, 1.807) is 0 Å². The summed E-state index contributed by atoms with van der Waals surface area (Å²) >= 11 is 0. The van der Waals surface area contributed by atoms with Crippen molar-refractivity contribution in [1.29, 1.82) is 0 Å². The first-order valence-corrected chi connectivity index (χ1v) is 5.92. The molecule has 0 amide bonds. The maximum absolute atomic E-state index is 2.47. The number of hydrogen-bond acceptors (Lipinski definition) is 1. The van der Waals surface area contributed by atoms with E-state index in [9.17, 15) is 0 Å². The predicted molar refractivity (Wildman–Crippen MR) is 65.6 cm³/mol. The summed E-state index contributed by atoms with van der Waals surface area (Å²) in [6.45, 7) is 16.4. The van der Waals surface area contributed by atoms with Crippen molar-refractivity contribution in [2.24, 2.45) is 17.3 Å². The Labute approximate surface area is 90.9 Å². The molecule has 0 N–H and O–H groups in total. The predicted octanol–water partition coefficient (Wildman–Crippen LogP) is 3.65. The van der Waals surface area contributed by atoms with Crippen LogP contribution >= 0.6 is 0 Å². The second kappa shape index (κ2) is 5.75. The molecule has 0 aliphatic carbocycles. The van der Waals surface area contributed by atoms with E-state index in [0.29, 0.717) is 5.41 Å². The standard InChI is InChI=1S/C13H29N/c1-11(2)8-9-14(7)10-12(3)13(4,5)6/h11-12H,8-10H2,1-7H3. The fourth-order valence-corrected chi connectivity index (χ4v) is 1.31. The van der Waals surface area contributed by atoms with E-state index in [-0.39, 0.29) is 0 Å². The van der Waals surface area contributed by atoms with Crippen LogP contribution in [0.5, 0.6) is 0 Å². The summed E-state index contributed by atoms with van der Waals surface area (Å²) in [5.41, 5.74) is 0.437. The van der Waals surface area contributed by atoms with Crippen molar-refractivity contribution in [3.8, 4) is 0 Å². The summed E-state index contributed by atoms with van der Waals surface area (Å²) in [5, 5.41) is 0. The number of nitrogens with zero attached hydrogens (tertiary/aromatic N) is 1. The summed E-state index contributed by atoms with van der Waals surface area (Å²) in [6.07, 6.45) is 1.31. The van der Waals surface area contributed by atoms with Crippen LogP contribution in [0.4, 0.5) is 0 Å². The highest BCUT2D eigenvalue weighted by Gasteiger charge is 2.20. The van der Waals surface area contributed by atoms with Crippen molar-refractivity contribution in [2.45, 2.75) is 48.0 Å². The van der Waals surface area contributed by atoms with Gasteiger partial charge in [-0.2, -0.15) is 0 Å². The molecule has 0 aromatic carbocycles. The van der Waals surface area contributed by atoms with E-state index in [4.69, 9.17) is 0 Å². The Morgan fingerprint density at radius 3 is 1.93 bits per heavy atom. The first kappa shape index (κ1) is 14.0. The van der Waals surface area contributed by atoms with Crippen LogP contribution in [0.3, 0.4) is 0 Å². The van der Waals surface area contributed by atoms with E-state index >= 15 is 0 Å². The molecule has 1 unspecified atom stereocenters. The molecule has 1 heteroatoms. The molecule has 0 fully saturated rings. The normalized spacial score (nSPS) is 15.2. The molecule has 86 valence electrons. The Balaban J connectivity index is 3.77. The topological polar surface area (TPSA) is 3.24 Å². The summed E-state index contributed by atoms with van der Waals surface area (Å²) in [7, 11) is 2.24. The highest BCUT2D eigenvalue weighted by molar-refractivity contribution is 4.72. The molecule has 14 heavy (non-hydrogen) atoms. The fourth-order valence-electron chi connectivity index (χ4n) is 1.31. The van der Waals surface area contributed by atoms with Crippen molar-refractivity contribution >= 4 is 0 Å². The summed E-state index contributed by atoms with van der Waals surface area (Å²) in [4.78, 5) is 2.47. The van der Waals surface area contributed by atoms with Crippen LogP contribution in [0.2, 0.25) is 0 Å². The van der Waals surface area contributed by atoms with Gasteiger partial charge < -0.3 is 4.90 Å². The van der Waals surface area contributed by atoms with Gasteiger partial charge >= 0.3 is 0 Å². The molecule has 0 spiro atoms. The Morgan fingerprint density at radius 2 is 1.57 bits per heavy atom. The van der Waals surface area contributed by atoms with Gasteiger partial charge in [-0.1, -0.05) is 41.5 Å². The van der Waals surface area contributed by atoms with Gasteiger partial charge in [0.1, 0.15) is 0 Å². The monoisotopic (exact) mass is 199 g/mol. The van der Waals surface area contributed by atoms with Crippen molar-refractivity contribution in [3.05, 3.63) is 0 Å². The quantitative estimate of drug-likeness (QED) is 0.653. The average Bonchev–Trinajstić information content (AvgIpc) is 1.99. The van der Waals surface area contributed by atoms with E-state index in [1.807, 2.05) is 0 Å². The minimum atomic E-state index is 0.437. The molecule has 0 aromatic heterocycles. The summed E-state index contributed by atoms with van der Waals surface area (Å²) in [6, 6.07) is 0. The van der Waals surface area contributed by atoms with Crippen LogP contribution in [-0.4, -0.2) is 25.0 Å². The zero-order valence-corrected chi connectivity index (χ0v) is 11.2. The van der Waals surface area contributed by atoms with Crippen LogP contribution in [0, 0.1) is 17.3 Å². The molecule has 0 saturated carbocycles. The van der Waals surface area contributed by atoms with Gasteiger partial charge in [0.25, 0.3) is 0 Å². The van der Waals surface area contributed by atoms with Crippen molar-refractivity contribution in [2.75, 3.05) is 20.1 Å². The molecule has 1 nitrogen and oxygen atoms in total. The van der Waals surface area contributed by atoms with Gasteiger partial charge in [0.15, 0.2) is 0 Å². The van der Waals surface area contributed by atoms with Gasteiger partial charge in [-0.25, -0.2) is 0 Å². The van der Waals surface area contributed by atoms with Crippen molar-refractivity contribution in [1.82, 2.24) is 4.90 Å². The van der Waals surface area contributed by atoms with Crippen molar-refractivity contribution in [3.63, 3.8) is 0 Å². The molecule has 1 atom stereocenters. The molecule has 0 bridgehead atoms. The third-order valence-electron chi connectivity index (χ3n) is 3.15. The van der Waals surface area contributed by atoms with Gasteiger partial charge in [-0.3, -0.25) is 0 Å². The highest BCUT2D eigenvalue weighted by atomic mass is 15.1. The third kappa shape index (κ3) is 6.42. The van der Waals surface area contributed by atoms with E-state index in [1.165, 1.54) is 19.5 Å². The SMILES string of the molecule is CC(C)CCN(C)CC(C)C(C)(C)C. The molecule has 0 aromatic rings. The Bertz CT molecular complexity index is 144. The average molecular weight is 199 g/mol. The van der Waals surface area contributed by atoms with Crippen LogP contribution in [0.25, 0.3) is 0 Å². The third-order valence-corrected chi connectivity index (χ3v) is 3.15. The minimum absolute atomic E-state index is 0.437. The molecule has 0 aliphatic heterocycles. The Hall–Kier alpha value is -0.0400. The second-order valence-electron chi connectivity index (χ2n) is 6.21. The zero-order chi connectivity index (χ0) is 11.4. The molecule has 0 radical (unpaired) electrons. The summed E-state index contributed by atoms with van der Waals surface area (Å²) < 4.78 is 0. The molecular weight excluding hydrogens is 170 g/mol. The molecule has 0 rings (SSSR count). The first-order valence-electron chi connectivity index (χ1n) is 5.92. The lowest BCUT2D eigenvalue weighted by Gasteiger charge is -2.31.